The minimum Gasteiger partial charge on any atom is -0.507 e. The third kappa shape index (κ3) is 7.24. The molecule has 3 aromatic carbocycles. The molecule has 9 rings (SSSR count). The van der Waals surface area contributed by atoms with Gasteiger partial charge in [-0.05, 0) is 85.9 Å². The van der Waals surface area contributed by atoms with Gasteiger partial charge in [-0.2, -0.15) is 10.2 Å². The summed E-state index contributed by atoms with van der Waals surface area (Å²) in [5.74, 6) is 0.558. The van der Waals surface area contributed by atoms with E-state index in [9.17, 15) is 19.5 Å². The number of hydrogen-bond acceptors (Lipinski definition) is 9. The molecule has 56 heavy (non-hydrogen) atoms. The zero-order valence-corrected chi connectivity index (χ0v) is 32.0. The summed E-state index contributed by atoms with van der Waals surface area (Å²) in [6, 6.07) is 28.0. The number of imide groups is 1. The summed E-state index contributed by atoms with van der Waals surface area (Å²) in [4.78, 5) is 47.9. The predicted octanol–water partition coefficient (Wildman–Crippen LogP) is 5.26. The number of hydrogen-bond donors (Lipinski definition) is 2. The molecule has 0 unspecified atom stereocenters. The molecule has 0 bridgehead atoms. The molecule has 290 valence electrons. The molecular formula is C45H51N7O4. The lowest BCUT2D eigenvalue weighted by molar-refractivity contribution is -0.171. The number of rotatable bonds is 9. The molecule has 5 aliphatic heterocycles. The minimum atomic E-state index is -0.441. The van der Waals surface area contributed by atoms with Gasteiger partial charge in [-0.15, -0.1) is 0 Å². The van der Waals surface area contributed by atoms with Crippen LogP contribution >= 0.6 is 0 Å². The van der Waals surface area contributed by atoms with Crippen molar-refractivity contribution in [3.05, 3.63) is 102 Å². The normalized spacial score (nSPS) is 22.4. The number of likely N-dealkylation sites (tertiary alicyclic amines) is 2. The Kier molecular flexibility index (Phi) is 9.73. The second-order valence-electron chi connectivity index (χ2n) is 17.1. The molecule has 3 amide bonds. The number of aromatic hydroxyl groups is 1. The summed E-state index contributed by atoms with van der Waals surface area (Å²) in [5, 5.41) is 21.5. The van der Waals surface area contributed by atoms with Gasteiger partial charge >= 0.3 is 0 Å². The fraction of sp³-hybridized carbons (Fsp3) is 0.444. The van der Waals surface area contributed by atoms with Gasteiger partial charge in [0.15, 0.2) is 0 Å². The van der Waals surface area contributed by atoms with Crippen LogP contribution in [0, 0.1) is 16.7 Å². The van der Waals surface area contributed by atoms with Crippen molar-refractivity contribution in [2.24, 2.45) is 16.7 Å². The maximum atomic E-state index is 14.5. The standard InChI is InChI=1S/C45H51N7O4/c53-40-9-5-4-8-38(40)39-24-36(26-46-48-39)51-22-18-45(19-23-51,25-32-6-2-1-3-7-32)43(56)52-30-44(31-52)28-49(29-44)27-33-16-20-50(21-17-33)35-12-10-34(11-13-35)37-14-15-41(54)47-42(37)55/h1-13,24,26,33,37,53H,14-23,25,27-31H2,(H,47,54,55)/t37-/m1/s1. The summed E-state index contributed by atoms with van der Waals surface area (Å²) < 4.78 is 0. The molecule has 1 aromatic heterocycles. The van der Waals surface area contributed by atoms with Crippen LogP contribution in [0.4, 0.5) is 11.4 Å². The fourth-order valence-electron chi connectivity index (χ4n) is 10.1. The van der Waals surface area contributed by atoms with Gasteiger partial charge in [0.2, 0.25) is 17.7 Å². The Morgan fingerprint density at radius 2 is 1.50 bits per heavy atom. The first-order valence-corrected chi connectivity index (χ1v) is 20.4. The molecule has 5 fully saturated rings. The third-order valence-electron chi connectivity index (χ3n) is 13.2. The molecule has 6 heterocycles. The predicted molar refractivity (Wildman–Crippen MR) is 215 cm³/mol. The zero-order valence-electron chi connectivity index (χ0n) is 32.0. The second kappa shape index (κ2) is 15.0. The molecule has 1 spiro atoms. The van der Waals surface area contributed by atoms with Gasteiger partial charge in [0.25, 0.3) is 0 Å². The quantitative estimate of drug-likeness (QED) is 0.221. The van der Waals surface area contributed by atoms with E-state index in [0.29, 0.717) is 35.9 Å². The van der Waals surface area contributed by atoms with Crippen LogP contribution in [-0.2, 0) is 20.8 Å². The topological polar surface area (TPSA) is 122 Å². The van der Waals surface area contributed by atoms with E-state index in [2.05, 4.69) is 83.6 Å². The van der Waals surface area contributed by atoms with E-state index in [1.165, 1.54) is 11.3 Å². The lowest BCUT2D eigenvalue weighted by atomic mass is 9.68. The Bertz CT molecular complexity index is 2060. The van der Waals surface area contributed by atoms with Crippen LogP contribution in [0.15, 0.2) is 91.1 Å². The Hall–Kier alpha value is -5.29. The first kappa shape index (κ1) is 36.4. The summed E-state index contributed by atoms with van der Waals surface area (Å²) >= 11 is 0. The van der Waals surface area contributed by atoms with Crippen molar-refractivity contribution in [1.82, 2.24) is 25.3 Å². The molecule has 5 aliphatic rings. The summed E-state index contributed by atoms with van der Waals surface area (Å²) in [6.45, 7) is 8.55. The number of aromatic nitrogens is 2. The van der Waals surface area contributed by atoms with E-state index in [4.69, 9.17) is 0 Å². The number of phenolic OH excluding ortho intramolecular Hbond substituents is 1. The summed E-state index contributed by atoms with van der Waals surface area (Å²) in [6.07, 6.45) is 7.36. The van der Waals surface area contributed by atoms with Gasteiger partial charge in [0, 0.05) is 82.0 Å². The fourth-order valence-corrected chi connectivity index (χ4v) is 10.1. The Balaban J connectivity index is 0.769. The number of phenols is 1. The smallest absolute Gasteiger partial charge is 0.234 e. The highest BCUT2D eigenvalue weighted by Crippen LogP contribution is 2.46. The van der Waals surface area contributed by atoms with Crippen LogP contribution in [0.3, 0.4) is 0 Å². The van der Waals surface area contributed by atoms with Crippen LogP contribution in [0.2, 0.25) is 0 Å². The van der Waals surface area contributed by atoms with Gasteiger partial charge in [0.05, 0.1) is 28.9 Å². The lowest BCUT2D eigenvalue weighted by Crippen LogP contribution is -2.74. The molecule has 1 atom stereocenters. The molecule has 4 aromatic rings. The van der Waals surface area contributed by atoms with Gasteiger partial charge in [-0.25, -0.2) is 0 Å². The number of carbonyl (C=O) groups excluding carboxylic acids is 3. The minimum absolute atomic E-state index is 0.178. The van der Waals surface area contributed by atoms with E-state index < -0.39 is 5.41 Å². The number of benzene rings is 3. The van der Waals surface area contributed by atoms with Crippen molar-refractivity contribution in [2.75, 3.05) is 68.7 Å². The average molecular weight is 754 g/mol. The van der Waals surface area contributed by atoms with Crippen molar-refractivity contribution >= 4 is 29.1 Å². The Labute approximate surface area is 328 Å². The third-order valence-corrected chi connectivity index (χ3v) is 13.2. The second-order valence-corrected chi connectivity index (χ2v) is 17.1. The highest BCUT2D eigenvalue weighted by molar-refractivity contribution is 6.01. The SMILES string of the molecule is O=C1CC[C@H](c2ccc(N3CCC(CN4CC5(C4)CN(C(=O)C4(Cc6ccccc6)CCN(c6cnnc(-c7ccccc7O)c6)CC4)C5)CC3)cc2)C(=O)N1. The van der Waals surface area contributed by atoms with Crippen molar-refractivity contribution in [1.29, 1.82) is 0 Å². The number of amides is 3. The molecule has 2 N–H and O–H groups in total. The number of nitrogens with one attached hydrogen (secondary N) is 1. The van der Waals surface area contributed by atoms with Crippen molar-refractivity contribution in [3.8, 4) is 17.0 Å². The highest BCUT2D eigenvalue weighted by Gasteiger charge is 2.56. The van der Waals surface area contributed by atoms with Gasteiger partial charge in [-0.1, -0.05) is 54.6 Å². The first-order valence-electron chi connectivity index (χ1n) is 20.4. The van der Waals surface area contributed by atoms with E-state index in [1.54, 1.807) is 18.3 Å². The van der Waals surface area contributed by atoms with Gasteiger partial charge in [0.1, 0.15) is 5.75 Å². The maximum Gasteiger partial charge on any atom is 0.234 e. The van der Waals surface area contributed by atoms with Gasteiger partial charge < -0.3 is 24.7 Å². The maximum absolute atomic E-state index is 14.5. The molecule has 11 heteroatoms. The molecule has 0 aliphatic carbocycles. The van der Waals surface area contributed by atoms with Crippen molar-refractivity contribution in [3.63, 3.8) is 0 Å². The van der Waals surface area contributed by atoms with E-state index in [1.807, 2.05) is 24.3 Å². The molecule has 11 nitrogen and oxygen atoms in total. The largest absolute Gasteiger partial charge is 0.507 e. The van der Waals surface area contributed by atoms with Crippen LogP contribution in [0.25, 0.3) is 11.3 Å². The first-order chi connectivity index (χ1) is 27.2. The molecule has 0 radical (unpaired) electrons. The van der Waals surface area contributed by atoms with E-state index >= 15 is 0 Å². The summed E-state index contributed by atoms with van der Waals surface area (Å²) in [7, 11) is 0. The average Bonchev–Trinajstić information content (AvgIpc) is 3.19. The number of carbonyl (C=O) groups is 3. The van der Waals surface area contributed by atoms with Crippen molar-refractivity contribution < 1.29 is 19.5 Å². The Morgan fingerprint density at radius 1 is 0.804 bits per heavy atom. The van der Waals surface area contributed by atoms with Gasteiger partial charge in [-0.3, -0.25) is 19.7 Å². The number of anilines is 2. The van der Waals surface area contributed by atoms with Crippen molar-refractivity contribution in [2.45, 2.75) is 50.9 Å². The molecule has 0 saturated carbocycles. The Morgan fingerprint density at radius 3 is 2.21 bits per heavy atom. The van der Waals surface area contributed by atoms with Crippen LogP contribution in [0.5, 0.6) is 5.75 Å². The van der Waals surface area contributed by atoms with Crippen LogP contribution in [-0.4, -0.2) is 102 Å². The van der Waals surface area contributed by atoms with E-state index in [-0.39, 0.29) is 28.9 Å². The van der Waals surface area contributed by atoms with Crippen LogP contribution < -0.4 is 15.1 Å². The number of nitrogens with zero attached hydrogens (tertiary/aromatic N) is 6. The molecule has 5 saturated heterocycles. The van der Waals surface area contributed by atoms with E-state index in [0.717, 1.165) is 102 Å². The zero-order chi connectivity index (χ0) is 38.3. The number of para-hydroxylation sites is 1. The number of piperidine rings is 3. The summed E-state index contributed by atoms with van der Waals surface area (Å²) in [5.41, 5.74) is 5.44. The van der Waals surface area contributed by atoms with Crippen LogP contribution in [0.1, 0.15) is 55.6 Å². The molecular weight excluding hydrogens is 703 g/mol. The monoisotopic (exact) mass is 753 g/mol. The highest BCUT2D eigenvalue weighted by atomic mass is 16.3. The lowest BCUT2D eigenvalue weighted by Gasteiger charge is -2.62.